The molecule has 0 aliphatic carbocycles. The number of benzene rings is 2. The van der Waals surface area contributed by atoms with Crippen molar-refractivity contribution in [3.63, 3.8) is 0 Å². The van der Waals surface area contributed by atoms with Gasteiger partial charge < -0.3 is 5.32 Å². The van der Waals surface area contributed by atoms with Crippen molar-refractivity contribution in [1.29, 1.82) is 0 Å². The minimum absolute atomic E-state index is 0.0874. The van der Waals surface area contributed by atoms with Crippen LogP contribution in [-0.4, -0.2) is 15.5 Å². The second-order valence-corrected chi connectivity index (χ2v) is 9.01. The van der Waals surface area contributed by atoms with Crippen LogP contribution >= 0.6 is 11.3 Å². The Labute approximate surface area is 185 Å². The molecule has 31 heavy (non-hydrogen) atoms. The van der Waals surface area contributed by atoms with Gasteiger partial charge in [-0.2, -0.15) is 0 Å². The fraction of sp³-hybridized carbons (Fsp3) is 0.240. The van der Waals surface area contributed by atoms with E-state index in [4.69, 9.17) is 0 Å². The number of aromatic nitrogens is 2. The maximum absolute atomic E-state index is 13.2. The smallest absolute Gasteiger partial charge is 0.263 e. The molecule has 2 heterocycles. The maximum Gasteiger partial charge on any atom is 0.263 e. The van der Waals surface area contributed by atoms with Gasteiger partial charge >= 0.3 is 0 Å². The van der Waals surface area contributed by atoms with Crippen LogP contribution in [0.25, 0.3) is 21.3 Å². The number of hydrogen-bond donors (Lipinski definition) is 1. The lowest BCUT2D eigenvalue weighted by atomic mass is 9.99. The standard InChI is InChI=1S/C25H25N3O2S/c1-15(2)18-6-8-19(9-7-18)27-22(29)12-28-14-26-24-23(25(28)30)21(13-31-24)20-10-5-16(3)11-17(20)4/h5-11,13-15H,12H2,1-4H3,(H,27,29). The van der Waals surface area contributed by atoms with E-state index in [1.165, 1.54) is 33.4 Å². The Morgan fingerprint density at radius 1 is 1.10 bits per heavy atom. The summed E-state index contributed by atoms with van der Waals surface area (Å²) in [6, 6.07) is 14.0. The molecular formula is C25H25N3O2S. The van der Waals surface area contributed by atoms with Gasteiger partial charge in [0.1, 0.15) is 11.4 Å². The first-order chi connectivity index (χ1) is 14.8. The minimum Gasteiger partial charge on any atom is -0.325 e. The number of carbonyl (C=O) groups excluding carboxylic acids is 1. The summed E-state index contributed by atoms with van der Waals surface area (Å²) in [4.78, 5) is 30.9. The number of aryl methyl sites for hydroxylation is 2. The summed E-state index contributed by atoms with van der Waals surface area (Å²) >= 11 is 1.44. The molecule has 2 aromatic heterocycles. The molecule has 2 aromatic carbocycles. The Morgan fingerprint density at radius 3 is 2.52 bits per heavy atom. The van der Waals surface area contributed by atoms with Gasteiger partial charge in [0.05, 0.1) is 11.7 Å². The zero-order valence-electron chi connectivity index (χ0n) is 18.1. The molecule has 0 aliphatic heterocycles. The average Bonchev–Trinajstić information content (AvgIpc) is 3.15. The van der Waals surface area contributed by atoms with Crippen LogP contribution in [0.2, 0.25) is 0 Å². The number of anilines is 1. The molecule has 0 saturated carbocycles. The number of nitrogens with zero attached hydrogens (tertiary/aromatic N) is 2. The quantitative estimate of drug-likeness (QED) is 0.453. The van der Waals surface area contributed by atoms with E-state index < -0.39 is 0 Å². The predicted molar refractivity (Wildman–Crippen MR) is 128 cm³/mol. The third-order valence-electron chi connectivity index (χ3n) is 5.41. The second-order valence-electron chi connectivity index (χ2n) is 8.15. The summed E-state index contributed by atoms with van der Waals surface area (Å²) in [5.74, 6) is 0.168. The lowest BCUT2D eigenvalue weighted by molar-refractivity contribution is -0.116. The van der Waals surface area contributed by atoms with Crippen LogP contribution in [0.3, 0.4) is 0 Å². The van der Waals surface area contributed by atoms with Crippen molar-refractivity contribution in [2.45, 2.75) is 40.2 Å². The first-order valence-corrected chi connectivity index (χ1v) is 11.2. The molecule has 5 nitrogen and oxygen atoms in total. The number of carbonyl (C=O) groups is 1. The van der Waals surface area contributed by atoms with E-state index in [0.717, 1.165) is 16.7 Å². The monoisotopic (exact) mass is 431 g/mol. The molecule has 0 radical (unpaired) electrons. The van der Waals surface area contributed by atoms with E-state index in [-0.39, 0.29) is 18.0 Å². The molecule has 0 spiro atoms. The van der Waals surface area contributed by atoms with Crippen LogP contribution in [0.15, 0.2) is 59.0 Å². The number of hydrogen-bond acceptors (Lipinski definition) is 4. The third-order valence-corrected chi connectivity index (χ3v) is 6.29. The van der Waals surface area contributed by atoms with Crippen LogP contribution in [0.5, 0.6) is 0 Å². The van der Waals surface area contributed by atoms with Gasteiger partial charge in [-0.05, 0) is 48.6 Å². The third kappa shape index (κ3) is 4.30. The highest BCUT2D eigenvalue weighted by atomic mass is 32.1. The molecule has 4 rings (SSSR count). The van der Waals surface area contributed by atoms with Crippen molar-refractivity contribution in [1.82, 2.24) is 9.55 Å². The SMILES string of the molecule is Cc1ccc(-c2csc3ncn(CC(=O)Nc4ccc(C(C)C)cc4)c(=O)c23)c(C)c1. The molecular weight excluding hydrogens is 406 g/mol. The molecule has 0 aliphatic rings. The first-order valence-electron chi connectivity index (χ1n) is 10.3. The summed E-state index contributed by atoms with van der Waals surface area (Å²) < 4.78 is 1.37. The Hall–Kier alpha value is -3.25. The number of nitrogens with one attached hydrogen (secondary N) is 1. The molecule has 0 atom stereocenters. The zero-order chi connectivity index (χ0) is 22.1. The van der Waals surface area contributed by atoms with Crippen molar-refractivity contribution in [3.05, 3.63) is 81.2 Å². The van der Waals surface area contributed by atoms with Crippen LogP contribution in [0, 0.1) is 13.8 Å². The Balaban J connectivity index is 1.62. The number of amides is 1. The van der Waals surface area contributed by atoms with E-state index >= 15 is 0 Å². The molecule has 6 heteroatoms. The van der Waals surface area contributed by atoms with Gasteiger partial charge in [0.2, 0.25) is 5.91 Å². The van der Waals surface area contributed by atoms with Gasteiger partial charge in [0.15, 0.2) is 0 Å². The number of fused-ring (bicyclic) bond motifs is 1. The molecule has 0 unspecified atom stereocenters. The van der Waals surface area contributed by atoms with Gasteiger partial charge in [0.25, 0.3) is 5.56 Å². The number of thiophene rings is 1. The van der Waals surface area contributed by atoms with E-state index in [9.17, 15) is 9.59 Å². The normalized spacial score (nSPS) is 11.3. The van der Waals surface area contributed by atoms with Gasteiger partial charge in [-0.3, -0.25) is 14.2 Å². The van der Waals surface area contributed by atoms with Crippen molar-refractivity contribution in [3.8, 4) is 11.1 Å². The summed E-state index contributed by atoms with van der Waals surface area (Å²) in [6.45, 7) is 8.25. The van der Waals surface area contributed by atoms with Crippen molar-refractivity contribution < 1.29 is 4.79 Å². The largest absolute Gasteiger partial charge is 0.325 e. The fourth-order valence-electron chi connectivity index (χ4n) is 3.70. The van der Waals surface area contributed by atoms with E-state index in [2.05, 4.69) is 30.2 Å². The second kappa shape index (κ2) is 8.47. The summed E-state index contributed by atoms with van der Waals surface area (Å²) in [7, 11) is 0. The predicted octanol–water partition coefficient (Wildman–Crippen LogP) is 5.50. The molecule has 0 bridgehead atoms. The first kappa shape index (κ1) is 21.0. The summed E-state index contributed by atoms with van der Waals surface area (Å²) in [5.41, 5.74) is 5.89. The molecule has 1 amide bonds. The van der Waals surface area contributed by atoms with E-state index in [1.807, 2.05) is 55.6 Å². The highest BCUT2D eigenvalue weighted by Gasteiger charge is 2.16. The topological polar surface area (TPSA) is 64.0 Å². The molecule has 158 valence electrons. The molecule has 1 N–H and O–H groups in total. The molecule has 0 saturated heterocycles. The van der Waals surface area contributed by atoms with Crippen LogP contribution in [-0.2, 0) is 11.3 Å². The Kier molecular flexibility index (Phi) is 5.74. The van der Waals surface area contributed by atoms with Crippen molar-refractivity contribution >= 4 is 33.1 Å². The summed E-state index contributed by atoms with van der Waals surface area (Å²) in [5, 5.41) is 5.40. The van der Waals surface area contributed by atoms with Crippen molar-refractivity contribution in [2.24, 2.45) is 0 Å². The van der Waals surface area contributed by atoms with Crippen molar-refractivity contribution in [2.75, 3.05) is 5.32 Å². The minimum atomic E-state index is -0.260. The number of rotatable bonds is 5. The molecule has 4 aromatic rings. The van der Waals surface area contributed by atoms with E-state index in [0.29, 0.717) is 21.8 Å². The lowest BCUT2D eigenvalue weighted by Crippen LogP contribution is -2.27. The van der Waals surface area contributed by atoms with E-state index in [1.54, 1.807) is 0 Å². The van der Waals surface area contributed by atoms with Gasteiger partial charge in [-0.15, -0.1) is 11.3 Å². The van der Waals surface area contributed by atoms with Crippen LogP contribution in [0.4, 0.5) is 5.69 Å². The van der Waals surface area contributed by atoms with Crippen LogP contribution in [0.1, 0.15) is 36.5 Å². The zero-order valence-corrected chi connectivity index (χ0v) is 18.9. The van der Waals surface area contributed by atoms with Gasteiger partial charge in [0, 0.05) is 16.6 Å². The van der Waals surface area contributed by atoms with Gasteiger partial charge in [-0.25, -0.2) is 4.98 Å². The highest BCUT2D eigenvalue weighted by molar-refractivity contribution is 7.17. The maximum atomic E-state index is 13.2. The fourth-order valence-corrected chi connectivity index (χ4v) is 4.60. The molecule has 0 fully saturated rings. The Morgan fingerprint density at radius 2 is 1.84 bits per heavy atom. The van der Waals surface area contributed by atoms with Gasteiger partial charge in [-0.1, -0.05) is 49.7 Å². The summed E-state index contributed by atoms with van der Waals surface area (Å²) in [6.07, 6.45) is 1.45. The highest BCUT2D eigenvalue weighted by Crippen LogP contribution is 2.33. The lowest BCUT2D eigenvalue weighted by Gasteiger charge is -2.10. The van der Waals surface area contributed by atoms with Crippen LogP contribution < -0.4 is 10.9 Å². The average molecular weight is 432 g/mol. The Bertz CT molecular complexity index is 1320.